The molecule has 4 heteroatoms. The maximum Gasteiger partial charge on any atom is 0.410 e. The predicted octanol–water partition coefficient (Wildman–Crippen LogP) is 3.98. The molecule has 0 aromatic carbocycles. The van der Waals surface area contributed by atoms with Crippen molar-refractivity contribution in [2.24, 2.45) is 5.92 Å². The number of rotatable bonds is 5. The number of unbranched alkanes of at least 4 members (excludes halogenated alkanes) is 1. The molecule has 21 heavy (non-hydrogen) atoms. The van der Waals surface area contributed by atoms with Gasteiger partial charge in [-0.15, -0.1) is 0 Å². The minimum atomic E-state index is -0.429. The maximum absolute atomic E-state index is 12.6. The highest BCUT2D eigenvalue weighted by Gasteiger charge is 2.47. The van der Waals surface area contributed by atoms with E-state index in [0.717, 1.165) is 32.3 Å². The fourth-order valence-corrected chi connectivity index (χ4v) is 3.61. The van der Waals surface area contributed by atoms with E-state index in [0.29, 0.717) is 18.6 Å². The van der Waals surface area contributed by atoms with Crippen LogP contribution in [0.1, 0.15) is 66.2 Å². The summed E-state index contributed by atoms with van der Waals surface area (Å²) in [5.41, 5.74) is -0.429. The van der Waals surface area contributed by atoms with Crippen LogP contribution >= 0.6 is 0 Å². The van der Waals surface area contributed by atoms with Gasteiger partial charge in [0.2, 0.25) is 0 Å². The van der Waals surface area contributed by atoms with Gasteiger partial charge in [-0.25, -0.2) is 4.79 Å². The first-order chi connectivity index (χ1) is 9.92. The van der Waals surface area contributed by atoms with Gasteiger partial charge in [-0.05, 0) is 52.4 Å². The van der Waals surface area contributed by atoms with Crippen molar-refractivity contribution in [3.63, 3.8) is 0 Å². The Morgan fingerprint density at radius 1 is 1.29 bits per heavy atom. The highest BCUT2D eigenvalue weighted by Crippen LogP contribution is 2.41. The number of likely N-dealkylation sites (tertiary alicyclic amines) is 1. The van der Waals surface area contributed by atoms with Gasteiger partial charge in [0.05, 0.1) is 12.6 Å². The Kier molecular flexibility index (Phi) is 5.53. The van der Waals surface area contributed by atoms with Gasteiger partial charge in [-0.1, -0.05) is 19.8 Å². The molecular weight excluding hydrogens is 266 g/mol. The Bertz CT molecular complexity index is 350. The lowest BCUT2D eigenvalue weighted by atomic mass is 10.0. The maximum atomic E-state index is 12.6. The minimum absolute atomic E-state index is 0.152. The fraction of sp³-hybridized carbons (Fsp3) is 0.941. The highest BCUT2D eigenvalue weighted by molar-refractivity contribution is 5.69. The van der Waals surface area contributed by atoms with Crippen molar-refractivity contribution in [2.75, 3.05) is 13.2 Å². The summed E-state index contributed by atoms with van der Waals surface area (Å²) in [6.45, 7) is 9.41. The summed E-state index contributed by atoms with van der Waals surface area (Å²) in [5.74, 6) is 0.650. The zero-order chi connectivity index (χ0) is 15.5. The number of hydrogen-bond donors (Lipinski definition) is 0. The monoisotopic (exact) mass is 297 g/mol. The van der Waals surface area contributed by atoms with E-state index >= 15 is 0 Å². The lowest BCUT2D eigenvalue weighted by molar-refractivity contribution is 0.00116. The number of carbonyl (C=O) groups excluding carboxylic acids is 1. The number of ether oxygens (including phenoxy) is 2. The van der Waals surface area contributed by atoms with E-state index in [-0.39, 0.29) is 12.1 Å². The van der Waals surface area contributed by atoms with Crippen LogP contribution in [0.5, 0.6) is 0 Å². The SMILES string of the molecule is CCCCOC[C@@H]1C[C@@H]2CCC[C@@H]2N1C(=O)OC(C)(C)C. The molecule has 1 saturated carbocycles. The second kappa shape index (κ2) is 6.99. The molecule has 2 fully saturated rings. The molecule has 4 nitrogen and oxygen atoms in total. The standard InChI is InChI=1S/C17H31NO3/c1-5-6-10-20-12-14-11-13-8-7-9-15(13)18(14)16(19)21-17(2,3)4/h13-15H,5-12H2,1-4H3/t13-,14-,15-/m0/s1. The average Bonchev–Trinajstić information content (AvgIpc) is 2.91. The topological polar surface area (TPSA) is 38.8 Å². The van der Waals surface area contributed by atoms with Gasteiger partial charge in [0.15, 0.2) is 0 Å². The van der Waals surface area contributed by atoms with Crippen molar-refractivity contribution in [3.8, 4) is 0 Å². The van der Waals surface area contributed by atoms with E-state index in [4.69, 9.17) is 9.47 Å². The van der Waals surface area contributed by atoms with Crippen LogP contribution in [-0.4, -0.2) is 41.9 Å². The molecule has 1 amide bonds. The van der Waals surface area contributed by atoms with Crippen molar-refractivity contribution in [2.45, 2.75) is 83.9 Å². The number of hydrogen-bond acceptors (Lipinski definition) is 3. The Morgan fingerprint density at radius 3 is 2.71 bits per heavy atom. The molecule has 0 aromatic heterocycles. The quantitative estimate of drug-likeness (QED) is 0.720. The molecule has 0 spiro atoms. The van der Waals surface area contributed by atoms with Crippen LogP contribution in [-0.2, 0) is 9.47 Å². The van der Waals surface area contributed by atoms with Crippen molar-refractivity contribution in [3.05, 3.63) is 0 Å². The van der Waals surface area contributed by atoms with Gasteiger partial charge in [0.1, 0.15) is 5.60 Å². The smallest absolute Gasteiger partial charge is 0.410 e. The van der Waals surface area contributed by atoms with E-state index < -0.39 is 5.60 Å². The molecule has 1 saturated heterocycles. The largest absolute Gasteiger partial charge is 0.444 e. The molecule has 122 valence electrons. The molecule has 2 aliphatic rings. The van der Waals surface area contributed by atoms with Gasteiger partial charge in [0, 0.05) is 12.6 Å². The lowest BCUT2D eigenvalue weighted by Crippen LogP contribution is -2.45. The van der Waals surface area contributed by atoms with E-state index in [1.807, 2.05) is 25.7 Å². The summed E-state index contributed by atoms with van der Waals surface area (Å²) in [5, 5.41) is 0. The number of carbonyl (C=O) groups is 1. The summed E-state index contributed by atoms with van der Waals surface area (Å²) in [4.78, 5) is 14.5. The van der Waals surface area contributed by atoms with Crippen LogP contribution in [0.4, 0.5) is 4.79 Å². The van der Waals surface area contributed by atoms with Gasteiger partial charge in [0.25, 0.3) is 0 Å². The first-order valence-electron chi connectivity index (χ1n) is 8.51. The summed E-state index contributed by atoms with van der Waals surface area (Å²) in [6, 6.07) is 0.576. The predicted molar refractivity (Wildman–Crippen MR) is 83.3 cm³/mol. The Balaban J connectivity index is 1.96. The molecule has 0 aromatic rings. The van der Waals surface area contributed by atoms with Crippen molar-refractivity contribution >= 4 is 6.09 Å². The normalized spacial score (nSPS) is 28.8. The lowest BCUT2D eigenvalue weighted by Gasteiger charge is -2.32. The Hall–Kier alpha value is -0.770. The van der Waals surface area contributed by atoms with Gasteiger partial charge in [-0.2, -0.15) is 0 Å². The van der Waals surface area contributed by atoms with Gasteiger partial charge < -0.3 is 9.47 Å². The first-order valence-corrected chi connectivity index (χ1v) is 8.51. The summed E-state index contributed by atoms with van der Waals surface area (Å²) < 4.78 is 11.4. The van der Waals surface area contributed by atoms with Gasteiger partial charge in [-0.3, -0.25) is 4.90 Å². The third kappa shape index (κ3) is 4.35. The van der Waals surface area contributed by atoms with Crippen LogP contribution in [0.3, 0.4) is 0 Å². The van der Waals surface area contributed by atoms with Crippen LogP contribution in [0, 0.1) is 5.92 Å². The number of amides is 1. The minimum Gasteiger partial charge on any atom is -0.444 e. The molecule has 1 aliphatic carbocycles. The molecule has 0 N–H and O–H groups in total. The van der Waals surface area contributed by atoms with E-state index in [1.165, 1.54) is 12.8 Å². The average molecular weight is 297 g/mol. The third-order valence-electron chi connectivity index (χ3n) is 4.50. The van der Waals surface area contributed by atoms with Gasteiger partial charge >= 0.3 is 6.09 Å². The van der Waals surface area contributed by atoms with Crippen LogP contribution in [0.2, 0.25) is 0 Å². The highest BCUT2D eigenvalue weighted by atomic mass is 16.6. The Morgan fingerprint density at radius 2 is 2.05 bits per heavy atom. The van der Waals surface area contributed by atoms with Crippen molar-refractivity contribution < 1.29 is 14.3 Å². The summed E-state index contributed by atoms with van der Waals surface area (Å²) in [6.07, 6.45) is 6.76. The van der Waals surface area contributed by atoms with Crippen LogP contribution in [0.25, 0.3) is 0 Å². The van der Waals surface area contributed by atoms with Crippen LogP contribution in [0.15, 0.2) is 0 Å². The number of fused-ring (bicyclic) bond motifs is 1. The molecule has 0 radical (unpaired) electrons. The molecule has 0 bridgehead atoms. The van der Waals surface area contributed by atoms with E-state index in [9.17, 15) is 4.79 Å². The second-order valence-electron chi connectivity index (χ2n) is 7.46. The molecule has 1 aliphatic heterocycles. The summed E-state index contributed by atoms with van der Waals surface area (Å²) >= 11 is 0. The molecular formula is C17H31NO3. The zero-order valence-electron chi connectivity index (χ0n) is 14.1. The molecule has 3 atom stereocenters. The summed E-state index contributed by atoms with van der Waals surface area (Å²) in [7, 11) is 0. The van der Waals surface area contributed by atoms with E-state index in [1.54, 1.807) is 0 Å². The van der Waals surface area contributed by atoms with E-state index in [2.05, 4.69) is 6.92 Å². The second-order valence-corrected chi connectivity index (χ2v) is 7.46. The molecule has 0 unspecified atom stereocenters. The molecule has 2 rings (SSSR count). The van der Waals surface area contributed by atoms with Crippen molar-refractivity contribution in [1.82, 2.24) is 4.90 Å². The number of nitrogens with zero attached hydrogens (tertiary/aromatic N) is 1. The van der Waals surface area contributed by atoms with Crippen molar-refractivity contribution in [1.29, 1.82) is 0 Å². The van der Waals surface area contributed by atoms with Crippen LogP contribution < -0.4 is 0 Å². The Labute approximate surface area is 129 Å². The first kappa shape index (κ1) is 16.6. The fourth-order valence-electron chi connectivity index (χ4n) is 3.61. The molecule has 1 heterocycles. The zero-order valence-corrected chi connectivity index (χ0v) is 14.1. The third-order valence-corrected chi connectivity index (χ3v) is 4.50.